The molecular weight excluding hydrogens is 512 g/mol. The Morgan fingerprint density at radius 1 is 0.548 bits per heavy atom. The van der Waals surface area contributed by atoms with Crippen LogP contribution in [0.2, 0.25) is 0 Å². The molecule has 0 spiro atoms. The maximum atomic E-state index is 5.10. The second kappa shape index (κ2) is 13.1. The second-order valence-corrected chi connectivity index (χ2v) is 8.97. The lowest BCUT2D eigenvalue weighted by Gasteiger charge is -2.02. The van der Waals surface area contributed by atoms with Crippen LogP contribution >= 0.6 is 31.9 Å². The zero-order valence-corrected chi connectivity index (χ0v) is 21.6. The smallest absolute Gasteiger partial charge is 0.122 e. The summed E-state index contributed by atoms with van der Waals surface area (Å²) >= 11 is 6.70. The molecular formula is C28H28Br2O. The summed E-state index contributed by atoms with van der Waals surface area (Å²) in [5.41, 5.74) is 6.33. The third kappa shape index (κ3) is 9.12. The van der Waals surface area contributed by atoms with Gasteiger partial charge in [0.15, 0.2) is 0 Å². The first-order chi connectivity index (χ1) is 14.9. The summed E-state index contributed by atoms with van der Waals surface area (Å²) in [5.74, 6) is 0.925. The Kier molecular flexibility index (Phi) is 10.6. The van der Waals surface area contributed by atoms with E-state index >= 15 is 0 Å². The molecule has 0 aliphatic rings. The number of benzene rings is 4. The molecule has 0 aliphatic heterocycles. The van der Waals surface area contributed by atoms with Crippen LogP contribution in [0, 0.1) is 20.8 Å². The van der Waals surface area contributed by atoms with E-state index in [-0.39, 0.29) is 0 Å². The van der Waals surface area contributed by atoms with Gasteiger partial charge in [-0.25, -0.2) is 0 Å². The number of ether oxygens (including phenoxy) is 1. The lowest BCUT2D eigenvalue weighted by Crippen LogP contribution is -1.85. The molecule has 0 bridgehead atoms. The normalized spacial score (nSPS) is 9.61. The molecule has 4 rings (SSSR count). The molecule has 0 N–H and O–H groups in total. The summed E-state index contributed by atoms with van der Waals surface area (Å²) in [6.07, 6.45) is 0. The van der Waals surface area contributed by atoms with Crippen LogP contribution in [0.1, 0.15) is 16.7 Å². The zero-order chi connectivity index (χ0) is 22.6. The molecule has 0 atom stereocenters. The van der Waals surface area contributed by atoms with Gasteiger partial charge in [-0.3, -0.25) is 0 Å². The van der Waals surface area contributed by atoms with Gasteiger partial charge < -0.3 is 4.74 Å². The Morgan fingerprint density at radius 2 is 1.03 bits per heavy atom. The molecule has 4 aromatic rings. The zero-order valence-electron chi connectivity index (χ0n) is 18.4. The van der Waals surface area contributed by atoms with Crippen LogP contribution in [-0.2, 0) is 0 Å². The van der Waals surface area contributed by atoms with Crippen molar-refractivity contribution >= 4 is 31.9 Å². The van der Waals surface area contributed by atoms with Crippen molar-refractivity contribution in [3.8, 4) is 16.9 Å². The second-order valence-electron chi connectivity index (χ2n) is 7.14. The molecule has 1 nitrogen and oxygen atoms in total. The van der Waals surface area contributed by atoms with Crippen molar-refractivity contribution in [2.24, 2.45) is 0 Å². The monoisotopic (exact) mass is 538 g/mol. The predicted molar refractivity (Wildman–Crippen MR) is 141 cm³/mol. The molecule has 0 amide bonds. The van der Waals surface area contributed by atoms with E-state index in [4.69, 9.17) is 4.74 Å². The lowest BCUT2D eigenvalue weighted by molar-refractivity contribution is 0.411. The average Bonchev–Trinajstić information content (AvgIpc) is 2.79. The molecule has 0 fully saturated rings. The van der Waals surface area contributed by atoms with Crippen molar-refractivity contribution in [3.63, 3.8) is 0 Å². The number of rotatable bonds is 2. The van der Waals surface area contributed by atoms with Crippen LogP contribution < -0.4 is 4.74 Å². The molecule has 0 aromatic heterocycles. The summed E-state index contributed by atoms with van der Waals surface area (Å²) in [4.78, 5) is 0. The first-order valence-electron chi connectivity index (χ1n) is 10.0. The van der Waals surface area contributed by atoms with Gasteiger partial charge in [0.05, 0.1) is 7.11 Å². The molecule has 0 saturated carbocycles. The van der Waals surface area contributed by atoms with Gasteiger partial charge in [-0.05, 0) is 61.7 Å². The Bertz CT molecular complexity index is 1020. The van der Waals surface area contributed by atoms with Gasteiger partial charge in [0.2, 0.25) is 0 Å². The molecule has 0 heterocycles. The number of aryl methyl sites for hydroxylation is 3. The van der Waals surface area contributed by atoms with Crippen molar-refractivity contribution in [2.45, 2.75) is 20.8 Å². The van der Waals surface area contributed by atoms with Gasteiger partial charge >= 0.3 is 0 Å². The standard InChI is InChI=1S/C13H12.C8H9BrO.C7H7Br/c1-11-7-9-13(10-8-11)12-5-3-2-4-6-12;1-6-3-4-7(9)5-8(6)10-2;1-6-2-4-7(8)5-3-6/h2-10H,1H3;3-5H,1-2H3;2-5H,1H3. The van der Waals surface area contributed by atoms with Crippen molar-refractivity contribution in [3.05, 3.63) is 123 Å². The third-order valence-corrected chi connectivity index (χ3v) is 5.56. The van der Waals surface area contributed by atoms with Crippen LogP contribution in [0.15, 0.2) is 106 Å². The number of halogens is 2. The summed E-state index contributed by atoms with van der Waals surface area (Å²) < 4.78 is 7.29. The van der Waals surface area contributed by atoms with Gasteiger partial charge in [-0.2, -0.15) is 0 Å². The van der Waals surface area contributed by atoms with E-state index in [9.17, 15) is 0 Å². The first kappa shape index (κ1) is 24.9. The van der Waals surface area contributed by atoms with Crippen LogP contribution in [0.5, 0.6) is 5.75 Å². The molecule has 31 heavy (non-hydrogen) atoms. The Morgan fingerprint density at radius 3 is 1.52 bits per heavy atom. The summed E-state index contributed by atoms with van der Waals surface area (Å²) in [6.45, 7) is 6.20. The highest BCUT2D eigenvalue weighted by Crippen LogP contribution is 2.22. The van der Waals surface area contributed by atoms with Gasteiger partial charge in [0.1, 0.15) is 5.75 Å². The molecule has 3 heteroatoms. The molecule has 0 unspecified atom stereocenters. The number of hydrogen-bond donors (Lipinski definition) is 0. The van der Waals surface area contributed by atoms with E-state index in [1.807, 2.05) is 43.3 Å². The average molecular weight is 540 g/mol. The topological polar surface area (TPSA) is 9.23 Å². The summed E-state index contributed by atoms with van der Waals surface area (Å²) in [7, 11) is 1.68. The van der Waals surface area contributed by atoms with Gasteiger partial charge in [0, 0.05) is 8.95 Å². The van der Waals surface area contributed by atoms with Crippen molar-refractivity contribution in [1.82, 2.24) is 0 Å². The minimum Gasteiger partial charge on any atom is -0.496 e. The first-order valence-corrected chi connectivity index (χ1v) is 11.6. The van der Waals surface area contributed by atoms with Crippen LogP contribution in [0.4, 0.5) is 0 Å². The van der Waals surface area contributed by atoms with Gasteiger partial charge in [0.25, 0.3) is 0 Å². The Hall–Kier alpha value is -2.36. The SMILES string of the molecule is COc1cc(Br)ccc1C.Cc1ccc(-c2ccccc2)cc1.Cc1ccc(Br)cc1. The molecule has 160 valence electrons. The predicted octanol–water partition coefficient (Wildman–Crippen LogP) is 9.19. The summed E-state index contributed by atoms with van der Waals surface area (Å²) in [6, 6.07) is 33.2. The van der Waals surface area contributed by atoms with Crippen LogP contribution in [0.25, 0.3) is 11.1 Å². The maximum Gasteiger partial charge on any atom is 0.122 e. The van der Waals surface area contributed by atoms with Gasteiger partial charge in [-0.15, -0.1) is 0 Å². The fraction of sp³-hybridized carbons (Fsp3) is 0.143. The van der Waals surface area contributed by atoms with E-state index in [2.05, 4.69) is 106 Å². The molecule has 0 aliphatic carbocycles. The fourth-order valence-electron chi connectivity index (χ4n) is 2.70. The fourth-order valence-corrected chi connectivity index (χ4v) is 3.31. The number of methoxy groups -OCH3 is 1. The van der Waals surface area contributed by atoms with Crippen LogP contribution in [-0.4, -0.2) is 7.11 Å². The maximum absolute atomic E-state index is 5.10. The largest absolute Gasteiger partial charge is 0.496 e. The van der Waals surface area contributed by atoms with Crippen LogP contribution in [0.3, 0.4) is 0 Å². The van der Waals surface area contributed by atoms with E-state index in [0.29, 0.717) is 0 Å². The highest BCUT2D eigenvalue weighted by atomic mass is 79.9. The minimum absolute atomic E-state index is 0.925. The highest BCUT2D eigenvalue weighted by molar-refractivity contribution is 9.10. The Balaban J connectivity index is 0.000000171. The Labute approximate surface area is 203 Å². The number of hydrogen-bond acceptors (Lipinski definition) is 1. The molecule has 4 aromatic carbocycles. The van der Waals surface area contributed by atoms with E-state index in [1.54, 1.807) is 7.11 Å². The minimum atomic E-state index is 0.925. The third-order valence-electron chi connectivity index (χ3n) is 4.54. The van der Waals surface area contributed by atoms with Crippen molar-refractivity contribution < 1.29 is 4.74 Å². The highest BCUT2D eigenvalue weighted by Gasteiger charge is 1.96. The molecule has 0 radical (unpaired) electrons. The van der Waals surface area contributed by atoms with E-state index < -0.39 is 0 Å². The van der Waals surface area contributed by atoms with Crippen molar-refractivity contribution in [1.29, 1.82) is 0 Å². The van der Waals surface area contributed by atoms with E-state index in [1.165, 1.54) is 22.3 Å². The molecule has 0 saturated heterocycles. The van der Waals surface area contributed by atoms with Gasteiger partial charge in [-0.1, -0.05) is 116 Å². The van der Waals surface area contributed by atoms with Crippen molar-refractivity contribution in [2.75, 3.05) is 7.11 Å². The lowest BCUT2D eigenvalue weighted by atomic mass is 10.0. The summed E-state index contributed by atoms with van der Waals surface area (Å²) in [5, 5.41) is 0. The quantitative estimate of drug-likeness (QED) is 0.246. The van der Waals surface area contributed by atoms with E-state index in [0.717, 1.165) is 20.3 Å².